The summed E-state index contributed by atoms with van der Waals surface area (Å²) < 4.78 is 0. The maximum atomic E-state index is 11.0. The molecule has 0 aliphatic heterocycles. The van der Waals surface area contributed by atoms with Crippen LogP contribution in [0.4, 0.5) is 0 Å². The lowest BCUT2D eigenvalue weighted by Crippen LogP contribution is -2.14. The molecule has 0 aromatic carbocycles. The van der Waals surface area contributed by atoms with Gasteiger partial charge in [-0.15, -0.1) is 11.3 Å². The van der Waals surface area contributed by atoms with Crippen LogP contribution in [0.25, 0.3) is 0 Å². The molecule has 1 aromatic rings. The topological polar surface area (TPSA) is 37.3 Å². The van der Waals surface area contributed by atoms with E-state index in [1.165, 1.54) is 18.3 Å². The molecule has 0 unspecified atom stereocenters. The third-order valence-corrected chi connectivity index (χ3v) is 2.03. The number of aliphatic hydroxyl groups excluding tert-OH is 1. The molecule has 0 radical (unpaired) electrons. The number of thiophene rings is 1. The highest BCUT2D eigenvalue weighted by Crippen LogP contribution is 2.10. The second-order valence-electron chi connectivity index (χ2n) is 2.02. The van der Waals surface area contributed by atoms with Crippen molar-refractivity contribution in [2.45, 2.75) is 13.0 Å². The van der Waals surface area contributed by atoms with Gasteiger partial charge in [-0.05, 0) is 18.4 Å². The molecule has 1 rings (SSSR count). The zero-order chi connectivity index (χ0) is 7.56. The lowest BCUT2D eigenvalue weighted by molar-refractivity contribution is 0.0784. The van der Waals surface area contributed by atoms with E-state index in [0.717, 1.165) is 0 Å². The number of Topliss-reactive ketones (excluding diaryl/α,β-unsaturated/α-hetero) is 1. The van der Waals surface area contributed by atoms with Gasteiger partial charge < -0.3 is 5.11 Å². The van der Waals surface area contributed by atoms with Gasteiger partial charge in [0.1, 0.15) is 6.10 Å². The first-order valence-corrected chi connectivity index (χ1v) is 3.85. The van der Waals surface area contributed by atoms with Crippen molar-refractivity contribution in [2.24, 2.45) is 0 Å². The predicted molar refractivity (Wildman–Crippen MR) is 40.3 cm³/mol. The summed E-state index contributed by atoms with van der Waals surface area (Å²) in [5, 5.41) is 10.7. The van der Waals surface area contributed by atoms with E-state index in [4.69, 9.17) is 5.11 Å². The summed E-state index contributed by atoms with van der Waals surface area (Å²) in [6.45, 7) is 1.47. The van der Waals surface area contributed by atoms with E-state index in [9.17, 15) is 4.79 Å². The molecule has 54 valence electrons. The Kier molecular flexibility index (Phi) is 2.19. The van der Waals surface area contributed by atoms with Crippen LogP contribution < -0.4 is 0 Å². The zero-order valence-corrected chi connectivity index (χ0v) is 6.39. The van der Waals surface area contributed by atoms with Crippen molar-refractivity contribution < 1.29 is 9.90 Å². The number of aliphatic hydroxyl groups is 1. The lowest BCUT2D eigenvalue weighted by atomic mass is 10.2. The number of hydrogen-bond acceptors (Lipinski definition) is 3. The number of hydrogen-bond donors (Lipinski definition) is 1. The summed E-state index contributed by atoms with van der Waals surface area (Å²) >= 11 is 1.35. The predicted octanol–water partition coefficient (Wildman–Crippen LogP) is 1.31. The van der Waals surface area contributed by atoms with Crippen LogP contribution >= 0.6 is 11.3 Å². The summed E-state index contributed by atoms with van der Waals surface area (Å²) in [5.74, 6) is -0.199. The molecule has 1 aromatic heterocycles. The number of carbonyl (C=O) groups excluding carboxylic acids is 1. The molecule has 0 saturated heterocycles. The third-order valence-electron chi connectivity index (χ3n) is 1.14. The Hall–Kier alpha value is -0.670. The SMILES string of the molecule is C[C@@H](O)C(=O)c1cccs1. The molecule has 0 amide bonds. The summed E-state index contributed by atoms with van der Waals surface area (Å²) in [6.07, 6.45) is -0.876. The van der Waals surface area contributed by atoms with Crippen LogP contribution in [0.5, 0.6) is 0 Å². The molecular formula is C7H8O2S. The fraction of sp³-hybridized carbons (Fsp3) is 0.286. The first-order valence-electron chi connectivity index (χ1n) is 2.97. The van der Waals surface area contributed by atoms with Gasteiger partial charge in [0.05, 0.1) is 4.88 Å². The Morgan fingerprint density at radius 2 is 2.50 bits per heavy atom. The van der Waals surface area contributed by atoms with Crippen molar-refractivity contribution in [3.8, 4) is 0 Å². The molecule has 0 aliphatic rings. The van der Waals surface area contributed by atoms with Gasteiger partial charge in [0.15, 0.2) is 0 Å². The Labute approximate surface area is 63.1 Å². The molecule has 0 spiro atoms. The smallest absolute Gasteiger partial charge is 0.200 e. The normalized spacial score (nSPS) is 13.0. The van der Waals surface area contributed by atoms with Gasteiger partial charge in [-0.3, -0.25) is 4.79 Å². The fourth-order valence-corrected chi connectivity index (χ4v) is 1.37. The molecule has 1 atom stereocenters. The van der Waals surface area contributed by atoms with E-state index in [1.807, 2.05) is 5.38 Å². The van der Waals surface area contributed by atoms with Gasteiger partial charge in [0, 0.05) is 0 Å². The molecule has 0 fully saturated rings. The van der Waals surface area contributed by atoms with Crippen LogP contribution in [0.3, 0.4) is 0 Å². The molecular weight excluding hydrogens is 148 g/mol. The van der Waals surface area contributed by atoms with E-state index in [1.54, 1.807) is 12.1 Å². The van der Waals surface area contributed by atoms with Crippen molar-refractivity contribution in [3.63, 3.8) is 0 Å². The molecule has 0 aliphatic carbocycles. The second-order valence-corrected chi connectivity index (χ2v) is 2.97. The number of ketones is 1. The van der Waals surface area contributed by atoms with E-state index in [0.29, 0.717) is 4.88 Å². The Bertz CT molecular complexity index is 214. The molecule has 0 bridgehead atoms. The zero-order valence-electron chi connectivity index (χ0n) is 5.57. The molecule has 10 heavy (non-hydrogen) atoms. The molecule has 2 nitrogen and oxygen atoms in total. The minimum absolute atomic E-state index is 0.199. The first kappa shape index (κ1) is 7.44. The van der Waals surface area contributed by atoms with E-state index >= 15 is 0 Å². The van der Waals surface area contributed by atoms with Crippen LogP contribution in [0.2, 0.25) is 0 Å². The maximum Gasteiger partial charge on any atom is 0.200 e. The highest BCUT2D eigenvalue weighted by molar-refractivity contribution is 7.12. The van der Waals surface area contributed by atoms with Crippen molar-refractivity contribution in [2.75, 3.05) is 0 Å². The van der Waals surface area contributed by atoms with Crippen molar-refractivity contribution in [3.05, 3.63) is 22.4 Å². The Balaban J connectivity index is 2.78. The van der Waals surface area contributed by atoms with Crippen LogP contribution in [0, 0.1) is 0 Å². The van der Waals surface area contributed by atoms with Crippen LogP contribution in [0.15, 0.2) is 17.5 Å². The standard InChI is InChI=1S/C7H8O2S/c1-5(8)7(9)6-3-2-4-10-6/h2-5,8H,1H3/t5-/m1/s1. The molecule has 1 heterocycles. The summed E-state index contributed by atoms with van der Waals surface area (Å²) in [4.78, 5) is 11.6. The number of rotatable bonds is 2. The third kappa shape index (κ3) is 1.43. The minimum atomic E-state index is -0.876. The first-order chi connectivity index (χ1) is 4.72. The molecule has 0 saturated carbocycles. The van der Waals surface area contributed by atoms with Crippen LogP contribution in [-0.4, -0.2) is 17.0 Å². The van der Waals surface area contributed by atoms with Crippen LogP contribution in [0.1, 0.15) is 16.6 Å². The van der Waals surface area contributed by atoms with Crippen molar-refractivity contribution in [1.29, 1.82) is 0 Å². The van der Waals surface area contributed by atoms with Crippen LogP contribution in [-0.2, 0) is 0 Å². The largest absolute Gasteiger partial charge is 0.385 e. The van der Waals surface area contributed by atoms with Gasteiger partial charge in [-0.2, -0.15) is 0 Å². The molecule has 1 N–H and O–H groups in total. The highest BCUT2D eigenvalue weighted by atomic mass is 32.1. The maximum absolute atomic E-state index is 11.0. The summed E-state index contributed by atoms with van der Waals surface area (Å²) in [6, 6.07) is 3.50. The quantitative estimate of drug-likeness (QED) is 0.655. The van der Waals surface area contributed by atoms with E-state index < -0.39 is 6.10 Å². The van der Waals surface area contributed by atoms with Gasteiger partial charge in [0.2, 0.25) is 5.78 Å². The van der Waals surface area contributed by atoms with Gasteiger partial charge >= 0.3 is 0 Å². The molecule has 3 heteroatoms. The Morgan fingerprint density at radius 1 is 1.80 bits per heavy atom. The average molecular weight is 156 g/mol. The Morgan fingerprint density at radius 3 is 2.90 bits per heavy atom. The van der Waals surface area contributed by atoms with Crippen molar-refractivity contribution in [1.82, 2.24) is 0 Å². The fourth-order valence-electron chi connectivity index (χ4n) is 0.625. The lowest BCUT2D eigenvalue weighted by Gasteiger charge is -1.97. The van der Waals surface area contributed by atoms with E-state index in [2.05, 4.69) is 0 Å². The summed E-state index contributed by atoms with van der Waals surface area (Å²) in [7, 11) is 0. The second kappa shape index (κ2) is 2.94. The highest BCUT2D eigenvalue weighted by Gasteiger charge is 2.11. The summed E-state index contributed by atoms with van der Waals surface area (Å²) in [5.41, 5.74) is 0. The van der Waals surface area contributed by atoms with Gasteiger partial charge in [0.25, 0.3) is 0 Å². The van der Waals surface area contributed by atoms with E-state index in [-0.39, 0.29) is 5.78 Å². The number of carbonyl (C=O) groups is 1. The monoisotopic (exact) mass is 156 g/mol. The van der Waals surface area contributed by atoms with Gasteiger partial charge in [-0.1, -0.05) is 6.07 Å². The average Bonchev–Trinajstić information content (AvgIpc) is 2.36. The van der Waals surface area contributed by atoms with Crippen molar-refractivity contribution >= 4 is 17.1 Å². The van der Waals surface area contributed by atoms with Gasteiger partial charge in [-0.25, -0.2) is 0 Å². The minimum Gasteiger partial charge on any atom is -0.385 e.